The lowest BCUT2D eigenvalue weighted by atomic mass is 9.83. The van der Waals surface area contributed by atoms with Gasteiger partial charge in [-0.2, -0.15) is 10.2 Å². The molecular weight excluding hydrogens is 1240 g/mol. The van der Waals surface area contributed by atoms with Crippen LogP contribution in [0.4, 0.5) is 21.0 Å². The van der Waals surface area contributed by atoms with Crippen LogP contribution in [-0.4, -0.2) is 175 Å². The molecule has 29 heteroatoms. The van der Waals surface area contributed by atoms with Crippen molar-refractivity contribution in [2.24, 2.45) is 33.7 Å². The number of hydrazone groups is 2. The highest BCUT2D eigenvalue weighted by Crippen LogP contribution is 2.34. The van der Waals surface area contributed by atoms with Crippen LogP contribution in [0.25, 0.3) is 21.8 Å². The van der Waals surface area contributed by atoms with Gasteiger partial charge in [0.2, 0.25) is 11.8 Å². The number of carbonyl (C=O) groups excluding carboxylic acids is 8. The molecule has 27 nitrogen and oxygen atoms in total. The van der Waals surface area contributed by atoms with E-state index in [1.807, 2.05) is 38.0 Å². The monoisotopic (exact) mass is 1340 g/mol. The molecule has 13 N–H and O–H groups in total. The van der Waals surface area contributed by atoms with E-state index in [2.05, 4.69) is 62.9 Å². The predicted molar refractivity (Wildman–Crippen MR) is 362 cm³/mol. The topological polar surface area (TPSA) is 377 Å². The number of likely N-dealkylation sites (N-methyl/N-ethyl adjacent to an activating group) is 2. The van der Waals surface area contributed by atoms with Crippen LogP contribution in [0.1, 0.15) is 191 Å². The molecule has 3 aliphatic carbocycles. The largest absolute Gasteiger partial charge is 0.480 e. The maximum atomic E-state index is 13.6. The second kappa shape index (κ2) is 34.3. The van der Waals surface area contributed by atoms with Gasteiger partial charge in [-0.25, -0.2) is 25.2 Å². The summed E-state index contributed by atoms with van der Waals surface area (Å²) in [7, 11) is 7.68. The van der Waals surface area contributed by atoms with Crippen molar-refractivity contribution in [1.82, 2.24) is 51.9 Å². The number of alkyl carbamates (subject to hydrolysis) is 2. The van der Waals surface area contributed by atoms with Gasteiger partial charge in [-0.3, -0.25) is 28.8 Å². The highest BCUT2D eigenvalue weighted by molar-refractivity contribution is 6.21. The first-order chi connectivity index (χ1) is 43.1. The fourth-order valence-electron chi connectivity index (χ4n) is 12.0. The molecular formula is C64H95Cl2N15O12. The lowest BCUT2D eigenvalue weighted by molar-refractivity contribution is -0.141. The molecule has 2 aromatic heterocycles. The van der Waals surface area contributed by atoms with E-state index in [0.29, 0.717) is 81.7 Å². The lowest BCUT2D eigenvalue weighted by Crippen LogP contribution is -2.50. The number of H-pyrrole nitrogens is 2. The van der Waals surface area contributed by atoms with Gasteiger partial charge in [-0.05, 0) is 150 Å². The fraction of sp³-hybridized carbons (Fsp3) is 0.578. The fourth-order valence-corrected chi connectivity index (χ4v) is 12.0. The van der Waals surface area contributed by atoms with E-state index in [0.717, 1.165) is 89.9 Å². The molecule has 2 aromatic carbocycles. The average Bonchev–Trinajstić information content (AvgIpc) is 1.62. The van der Waals surface area contributed by atoms with Crippen LogP contribution in [0.5, 0.6) is 0 Å². The molecule has 512 valence electrons. The Morgan fingerprint density at radius 1 is 0.570 bits per heavy atom. The van der Waals surface area contributed by atoms with Crippen LogP contribution in [0.2, 0.25) is 0 Å². The van der Waals surface area contributed by atoms with E-state index in [4.69, 9.17) is 15.2 Å². The number of nitrogens with one attached hydrogen (secondary N) is 10. The number of anilines is 2. The number of amides is 8. The molecule has 3 fully saturated rings. The Bertz CT molecular complexity index is 3370. The first-order valence-electron chi connectivity index (χ1n) is 31.6. The van der Waals surface area contributed by atoms with Crippen molar-refractivity contribution in [2.75, 3.05) is 65.0 Å². The van der Waals surface area contributed by atoms with E-state index in [-0.39, 0.29) is 71.5 Å². The van der Waals surface area contributed by atoms with Crippen LogP contribution in [-0.2, 0) is 23.9 Å². The number of rotatable bonds is 18. The summed E-state index contributed by atoms with van der Waals surface area (Å²) >= 11 is 0. The Hall–Kier alpha value is -7.85. The number of benzene rings is 2. The number of nitrogens with two attached hydrogens (primary N) is 1. The summed E-state index contributed by atoms with van der Waals surface area (Å²) < 4.78 is 10.5. The van der Waals surface area contributed by atoms with Crippen molar-refractivity contribution in [3.8, 4) is 0 Å². The third kappa shape index (κ3) is 21.6. The molecule has 0 spiro atoms. The Morgan fingerprint density at radius 3 is 1.31 bits per heavy atom. The first-order valence-corrected chi connectivity index (χ1v) is 31.6. The maximum Gasteiger partial charge on any atom is 0.408 e. The molecule has 0 unspecified atom stereocenters. The van der Waals surface area contributed by atoms with Crippen LogP contribution in [0.15, 0.2) is 34.5 Å². The molecule has 5 aliphatic rings. The summed E-state index contributed by atoms with van der Waals surface area (Å²) in [5.41, 5.74) is 13.9. The van der Waals surface area contributed by atoms with Gasteiger partial charge >= 0.3 is 18.2 Å². The molecule has 4 heterocycles. The van der Waals surface area contributed by atoms with Gasteiger partial charge in [0, 0.05) is 70.5 Å². The molecule has 3 saturated carbocycles. The number of nitrogens with zero attached hydrogens (tertiary/aromatic N) is 4. The van der Waals surface area contributed by atoms with Crippen LogP contribution >= 0.6 is 24.8 Å². The zero-order valence-corrected chi connectivity index (χ0v) is 56.6. The molecule has 93 heavy (non-hydrogen) atoms. The second-order valence-electron chi connectivity index (χ2n) is 26.5. The maximum absolute atomic E-state index is 13.6. The molecule has 3 atom stereocenters. The minimum absolute atomic E-state index is 0. The number of ether oxygens (including phenoxy) is 2. The molecule has 8 amide bonds. The summed E-state index contributed by atoms with van der Waals surface area (Å²) in [6, 6.07) is 4.31. The number of aliphatic carboxylic acids is 1. The molecule has 0 saturated heterocycles. The summed E-state index contributed by atoms with van der Waals surface area (Å²) in [5.74, 6) is -3.02. The summed E-state index contributed by atoms with van der Waals surface area (Å²) in [5, 5.41) is 35.0. The zero-order chi connectivity index (χ0) is 66.3. The van der Waals surface area contributed by atoms with Gasteiger partial charge < -0.3 is 72.0 Å². The summed E-state index contributed by atoms with van der Waals surface area (Å²) in [6.45, 7) is 12.8. The Kier molecular flexibility index (Phi) is 28.0. The number of hydrogen-bond donors (Lipinski definition) is 12. The van der Waals surface area contributed by atoms with Crippen molar-refractivity contribution in [3.05, 3.63) is 57.9 Å². The third-order valence-electron chi connectivity index (χ3n) is 16.4. The van der Waals surface area contributed by atoms with Crippen molar-refractivity contribution >= 4 is 124 Å². The van der Waals surface area contributed by atoms with Gasteiger partial charge in [0.1, 0.15) is 34.7 Å². The Labute approximate surface area is 555 Å². The number of aromatic amines is 2. The van der Waals surface area contributed by atoms with Gasteiger partial charge in [-0.1, -0.05) is 57.8 Å². The van der Waals surface area contributed by atoms with Gasteiger partial charge in [0.05, 0.1) is 29.6 Å². The number of carboxylic acids is 1. The van der Waals surface area contributed by atoms with E-state index >= 15 is 0 Å². The van der Waals surface area contributed by atoms with Gasteiger partial charge in [-0.15, -0.1) is 24.8 Å². The summed E-state index contributed by atoms with van der Waals surface area (Å²) in [4.78, 5) is 123. The van der Waals surface area contributed by atoms with E-state index in [1.165, 1.54) is 18.9 Å². The van der Waals surface area contributed by atoms with Crippen LogP contribution in [0, 0.1) is 17.8 Å². The first kappa shape index (κ1) is 75.9. The Balaban J connectivity index is 0.000000267. The third-order valence-corrected chi connectivity index (χ3v) is 16.4. The highest BCUT2D eigenvalue weighted by atomic mass is 35.5. The van der Waals surface area contributed by atoms with Gasteiger partial charge in [0.15, 0.2) is 0 Å². The number of hydrogen-bond acceptors (Lipinski definition) is 16. The number of aromatic nitrogens is 2. The standard InChI is InChI=1S/C28H39N7O5.C23H31N7O3.C13H23NO4.2ClH/c1-28(2,3)40-27(39)33-22(16-9-7-6-8-10-16)26(38)31-17-13-18-21-19(15-30-34-24(18)36)23(32-20(21)14-17)25(37)29-11-12-35(4)5;1-30(2)9-8-25-23(33)20-16-12-26-29-21(31)15-10-14(11-17(28-20)18(15)16)27-22(32)19(24)13-6-4-3-5-7-13;1-13(2,3)18-12(17)14-10(11(15)16)9-7-5-4-6-8-9;;/h13-16,22,32H,6-12H2,1-5H3,(H,29,37)(H,31,38)(H,33,39)(H,34,36);10-13,19,28H,3-9,24H2,1-2H3,(H,25,33)(H,27,32)(H,29,31);9-10H,4-8H2,1-3H3,(H,14,17)(H,15,16);2*1H/t22-;19-;10-;;/m111../s1. The molecule has 4 aromatic rings. The molecule has 0 radical (unpaired) electrons. The SMILES string of the molecule is CC(C)(C)OC(=O)N[C@@H](C(=O)O)C1CCCCC1.CN(C)CCNC(=O)c1[nH]c2cc(NC(=O)[C@H](N)C3CCCCC3)cc3c2c1C=NNC3=O.CN(C)CCNC(=O)c1[nH]c2cc(NC(=O)[C@H](NC(=O)OC(C)(C)C)C3CCCCC3)cc3c2c1C=NNC3=O.Cl.Cl. The van der Waals surface area contributed by atoms with Crippen molar-refractivity contribution < 1.29 is 57.7 Å². The average molecular weight is 1340 g/mol. The van der Waals surface area contributed by atoms with E-state index < -0.39 is 65.2 Å². The van der Waals surface area contributed by atoms with Crippen molar-refractivity contribution in [2.45, 2.75) is 167 Å². The van der Waals surface area contributed by atoms with Gasteiger partial charge in [0.25, 0.3) is 23.6 Å². The van der Waals surface area contributed by atoms with Crippen molar-refractivity contribution in [1.29, 1.82) is 0 Å². The van der Waals surface area contributed by atoms with E-state index in [1.54, 1.807) is 65.8 Å². The Morgan fingerprint density at radius 2 is 0.935 bits per heavy atom. The highest BCUT2D eigenvalue weighted by Gasteiger charge is 2.36. The number of carboxylic acid groups (broad SMARTS) is 1. The summed E-state index contributed by atoms with van der Waals surface area (Å²) in [6.07, 6.45) is 16.4. The normalized spacial score (nSPS) is 16.7. The zero-order valence-electron chi connectivity index (χ0n) is 55.0. The molecule has 2 aliphatic heterocycles. The second-order valence-corrected chi connectivity index (χ2v) is 26.5. The minimum Gasteiger partial charge on any atom is -0.480 e. The number of carbonyl (C=O) groups is 9. The smallest absolute Gasteiger partial charge is 0.408 e. The van der Waals surface area contributed by atoms with E-state index in [9.17, 15) is 48.3 Å². The minimum atomic E-state index is -0.979. The molecule has 9 rings (SSSR count). The van der Waals surface area contributed by atoms with Crippen molar-refractivity contribution in [3.63, 3.8) is 0 Å². The molecule has 0 bridgehead atoms. The van der Waals surface area contributed by atoms with Crippen LogP contribution in [0.3, 0.4) is 0 Å². The van der Waals surface area contributed by atoms with Crippen LogP contribution < -0.4 is 48.5 Å². The quantitative estimate of drug-likeness (QED) is 0.0453. The number of halogens is 2. The predicted octanol–water partition coefficient (Wildman–Crippen LogP) is 7.72. The lowest BCUT2D eigenvalue weighted by Gasteiger charge is -2.31.